The number of rotatable bonds is 5. The second-order valence-electron chi connectivity index (χ2n) is 5.49. The van der Waals surface area contributed by atoms with Gasteiger partial charge in [0.1, 0.15) is 24.0 Å². The summed E-state index contributed by atoms with van der Waals surface area (Å²) in [6.45, 7) is 1.12. The smallest absolute Gasteiger partial charge is 0.341 e. The first kappa shape index (κ1) is 20.6. The van der Waals surface area contributed by atoms with E-state index in [1.165, 1.54) is 14.2 Å². The number of methoxy groups -OCH3 is 2. The van der Waals surface area contributed by atoms with Crippen molar-refractivity contribution < 1.29 is 23.8 Å². The molecular weight excluding hydrogens is 407 g/mol. The van der Waals surface area contributed by atoms with Gasteiger partial charge in [0.15, 0.2) is 0 Å². The third-order valence-electron chi connectivity index (χ3n) is 3.74. The first-order valence-corrected chi connectivity index (χ1v) is 8.60. The van der Waals surface area contributed by atoms with Crippen molar-refractivity contribution in [1.82, 2.24) is 5.32 Å². The SMILES string of the molecule is COc1ccc(OC)c(C2NC(=O)N=C(C)C2C(=O)OCC(Cl)(Cl)Cl)c1. The molecular formula is C16H17Cl3N2O5. The van der Waals surface area contributed by atoms with E-state index in [1.54, 1.807) is 25.1 Å². The number of urea groups is 1. The van der Waals surface area contributed by atoms with Crippen molar-refractivity contribution >= 4 is 52.5 Å². The molecule has 1 aliphatic heterocycles. The number of hydrogen-bond donors (Lipinski definition) is 1. The molecule has 2 atom stereocenters. The van der Waals surface area contributed by atoms with Crippen LogP contribution in [0.25, 0.3) is 0 Å². The molecule has 7 nitrogen and oxygen atoms in total. The normalized spacial score (nSPS) is 20.1. The van der Waals surface area contributed by atoms with Gasteiger partial charge in [0.2, 0.25) is 3.79 Å². The maximum atomic E-state index is 12.6. The summed E-state index contributed by atoms with van der Waals surface area (Å²) in [7, 11) is 2.98. The molecule has 0 saturated carbocycles. The van der Waals surface area contributed by atoms with E-state index < -0.39 is 34.4 Å². The van der Waals surface area contributed by atoms with Crippen LogP contribution in [0.3, 0.4) is 0 Å². The quantitative estimate of drug-likeness (QED) is 0.579. The highest BCUT2D eigenvalue weighted by atomic mass is 35.6. The molecule has 1 aromatic rings. The second-order valence-corrected chi connectivity index (χ2v) is 8.00. The summed E-state index contributed by atoms with van der Waals surface area (Å²) >= 11 is 16.9. The van der Waals surface area contributed by atoms with Crippen molar-refractivity contribution in [2.24, 2.45) is 10.9 Å². The molecule has 10 heteroatoms. The number of nitrogens with one attached hydrogen (secondary N) is 1. The fraction of sp³-hybridized carbons (Fsp3) is 0.438. The summed E-state index contributed by atoms with van der Waals surface area (Å²) in [5, 5.41) is 2.66. The molecule has 0 aliphatic carbocycles. The van der Waals surface area contributed by atoms with Crippen LogP contribution >= 0.6 is 34.8 Å². The standard InChI is InChI=1S/C16H17Cl3N2O5/c1-8-12(14(22)26-7-16(17,18)19)13(21-15(23)20-8)10-6-9(24-2)4-5-11(10)25-3/h4-6,12-13H,7H2,1-3H3,(H,21,23). The van der Waals surface area contributed by atoms with Crippen LogP contribution in [0.4, 0.5) is 4.79 Å². The van der Waals surface area contributed by atoms with Gasteiger partial charge in [-0.15, -0.1) is 0 Å². The largest absolute Gasteiger partial charge is 0.497 e. The lowest BCUT2D eigenvalue weighted by Crippen LogP contribution is -2.44. The molecule has 0 saturated heterocycles. The lowest BCUT2D eigenvalue weighted by molar-refractivity contribution is -0.146. The van der Waals surface area contributed by atoms with Crippen LogP contribution < -0.4 is 14.8 Å². The predicted octanol–water partition coefficient (Wildman–Crippen LogP) is 3.46. The minimum Gasteiger partial charge on any atom is -0.497 e. The number of aliphatic imine (C=N–C) groups is 1. The average molecular weight is 424 g/mol. The molecule has 26 heavy (non-hydrogen) atoms. The number of carbonyl (C=O) groups excluding carboxylic acids is 2. The van der Waals surface area contributed by atoms with E-state index in [0.29, 0.717) is 17.1 Å². The summed E-state index contributed by atoms with van der Waals surface area (Å²) < 4.78 is 13.9. The average Bonchev–Trinajstić information content (AvgIpc) is 2.57. The Kier molecular flexibility index (Phi) is 6.60. The lowest BCUT2D eigenvalue weighted by atomic mass is 9.87. The van der Waals surface area contributed by atoms with E-state index in [4.69, 9.17) is 49.0 Å². The van der Waals surface area contributed by atoms with Crippen molar-refractivity contribution in [2.45, 2.75) is 16.8 Å². The van der Waals surface area contributed by atoms with Crippen LogP contribution in [0, 0.1) is 5.92 Å². The molecule has 1 heterocycles. The monoisotopic (exact) mass is 422 g/mol. The van der Waals surface area contributed by atoms with Gasteiger partial charge < -0.3 is 19.5 Å². The Balaban J connectivity index is 2.42. The molecule has 0 fully saturated rings. The third-order valence-corrected chi connectivity index (χ3v) is 4.07. The number of nitrogens with zero attached hydrogens (tertiary/aromatic N) is 1. The summed E-state index contributed by atoms with van der Waals surface area (Å²) in [6.07, 6.45) is 0. The van der Waals surface area contributed by atoms with Gasteiger partial charge in [-0.2, -0.15) is 0 Å². The maximum Gasteiger partial charge on any atom is 0.341 e. The van der Waals surface area contributed by atoms with Crippen molar-refractivity contribution in [1.29, 1.82) is 0 Å². The number of carbonyl (C=O) groups is 2. The molecule has 2 unspecified atom stereocenters. The van der Waals surface area contributed by atoms with Crippen LogP contribution in [0.5, 0.6) is 11.5 Å². The molecule has 2 rings (SSSR count). The van der Waals surface area contributed by atoms with Gasteiger partial charge in [0.25, 0.3) is 0 Å². The van der Waals surface area contributed by atoms with Crippen LogP contribution in [0.1, 0.15) is 18.5 Å². The van der Waals surface area contributed by atoms with E-state index in [-0.39, 0.29) is 5.71 Å². The highest BCUT2D eigenvalue weighted by Gasteiger charge is 2.40. The molecule has 0 spiro atoms. The van der Waals surface area contributed by atoms with Crippen molar-refractivity contribution in [2.75, 3.05) is 20.8 Å². The van der Waals surface area contributed by atoms with Crippen LogP contribution in [-0.2, 0) is 9.53 Å². The Bertz CT molecular complexity index is 733. The van der Waals surface area contributed by atoms with Gasteiger partial charge in [-0.3, -0.25) is 4.79 Å². The highest BCUT2D eigenvalue weighted by molar-refractivity contribution is 6.67. The Morgan fingerprint density at radius 2 is 1.96 bits per heavy atom. The van der Waals surface area contributed by atoms with E-state index in [0.717, 1.165) is 0 Å². The fourth-order valence-corrected chi connectivity index (χ4v) is 2.77. The van der Waals surface area contributed by atoms with E-state index in [2.05, 4.69) is 10.3 Å². The molecule has 2 amide bonds. The number of hydrogen-bond acceptors (Lipinski definition) is 5. The number of benzene rings is 1. The van der Waals surface area contributed by atoms with Gasteiger partial charge >= 0.3 is 12.0 Å². The topological polar surface area (TPSA) is 86.2 Å². The zero-order valence-corrected chi connectivity index (χ0v) is 16.5. The van der Waals surface area contributed by atoms with Crippen LogP contribution in [0.15, 0.2) is 23.2 Å². The van der Waals surface area contributed by atoms with Gasteiger partial charge in [-0.25, -0.2) is 9.79 Å². The van der Waals surface area contributed by atoms with E-state index >= 15 is 0 Å². The Morgan fingerprint density at radius 1 is 1.27 bits per heavy atom. The van der Waals surface area contributed by atoms with Gasteiger partial charge in [-0.05, 0) is 25.1 Å². The Hall–Kier alpha value is -1.70. The maximum absolute atomic E-state index is 12.6. The van der Waals surface area contributed by atoms with Gasteiger partial charge in [-0.1, -0.05) is 34.8 Å². The predicted molar refractivity (Wildman–Crippen MR) is 98.7 cm³/mol. The summed E-state index contributed by atoms with van der Waals surface area (Å²) in [6, 6.07) is 3.67. The molecule has 142 valence electrons. The minimum atomic E-state index is -1.75. The number of esters is 1. The zero-order valence-electron chi connectivity index (χ0n) is 14.2. The van der Waals surface area contributed by atoms with Crippen LogP contribution in [-0.4, -0.2) is 42.3 Å². The summed E-state index contributed by atoms with van der Waals surface area (Å²) in [5.74, 6) is -0.609. The van der Waals surface area contributed by atoms with Crippen molar-refractivity contribution in [3.8, 4) is 11.5 Å². The number of halogens is 3. The third kappa shape index (κ3) is 4.93. The van der Waals surface area contributed by atoms with Gasteiger partial charge in [0.05, 0.1) is 20.3 Å². The molecule has 0 bridgehead atoms. The number of amides is 2. The fourth-order valence-electron chi connectivity index (χ4n) is 2.61. The number of alkyl halides is 3. The first-order valence-electron chi connectivity index (χ1n) is 7.47. The Labute approximate surface area is 165 Å². The molecule has 0 radical (unpaired) electrons. The number of ether oxygens (including phenoxy) is 3. The summed E-state index contributed by atoms with van der Waals surface area (Å²) in [4.78, 5) is 28.3. The van der Waals surface area contributed by atoms with Crippen molar-refractivity contribution in [3.63, 3.8) is 0 Å². The van der Waals surface area contributed by atoms with E-state index in [1.807, 2.05) is 0 Å². The van der Waals surface area contributed by atoms with E-state index in [9.17, 15) is 9.59 Å². The highest BCUT2D eigenvalue weighted by Crippen LogP contribution is 2.36. The lowest BCUT2D eigenvalue weighted by Gasteiger charge is -2.31. The molecule has 1 aromatic carbocycles. The molecule has 0 aromatic heterocycles. The molecule has 1 N–H and O–H groups in total. The molecule has 1 aliphatic rings. The van der Waals surface area contributed by atoms with Gasteiger partial charge in [0, 0.05) is 11.3 Å². The zero-order chi connectivity index (χ0) is 19.5. The summed E-state index contributed by atoms with van der Waals surface area (Å²) in [5.41, 5.74) is 0.809. The first-order chi connectivity index (χ1) is 12.2. The van der Waals surface area contributed by atoms with Crippen LogP contribution in [0.2, 0.25) is 0 Å². The van der Waals surface area contributed by atoms with Crippen molar-refractivity contribution in [3.05, 3.63) is 23.8 Å². The second kappa shape index (κ2) is 8.33. The minimum absolute atomic E-state index is 0.276. The Morgan fingerprint density at radius 3 is 2.54 bits per heavy atom.